The molecule has 2 fully saturated rings. The van der Waals surface area contributed by atoms with Crippen LogP contribution in [0.15, 0.2) is 0 Å². The van der Waals surface area contributed by atoms with E-state index < -0.39 is 39.5 Å². The van der Waals surface area contributed by atoms with Gasteiger partial charge in [-0.3, -0.25) is 9.69 Å². The molecule has 3 atom stereocenters. The summed E-state index contributed by atoms with van der Waals surface area (Å²) in [6.07, 6.45) is 2.58. The Morgan fingerprint density at radius 2 is 1.73 bits per heavy atom. The zero-order chi connectivity index (χ0) is 19.5. The van der Waals surface area contributed by atoms with E-state index >= 15 is 0 Å². The normalized spacial score (nSPS) is 27.5. The molecule has 9 heteroatoms. The van der Waals surface area contributed by atoms with Crippen molar-refractivity contribution in [3.63, 3.8) is 0 Å². The second-order valence-corrected chi connectivity index (χ2v) is 10.4. The standard InChI is InChI=1S/C17H31N3O5S/c1-12(18-16(22)25-17(2,3)4)15(21)19-13-10-26(23,24)11-14(13)20-8-6-5-7-9-20/h12-14H,5-11H2,1-4H3,(H,18,22)(H,19,21). The third kappa shape index (κ3) is 6.12. The van der Waals surface area contributed by atoms with Crippen molar-refractivity contribution in [2.45, 2.75) is 70.7 Å². The van der Waals surface area contributed by atoms with E-state index in [-0.39, 0.29) is 17.5 Å². The minimum Gasteiger partial charge on any atom is -0.444 e. The number of carbonyl (C=O) groups excluding carboxylic acids is 2. The van der Waals surface area contributed by atoms with Crippen molar-refractivity contribution >= 4 is 21.8 Å². The molecular weight excluding hydrogens is 358 g/mol. The van der Waals surface area contributed by atoms with E-state index in [9.17, 15) is 18.0 Å². The first-order valence-electron chi connectivity index (χ1n) is 9.21. The summed E-state index contributed by atoms with van der Waals surface area (Å²) in [6.45, 7) is 8.49. The Kier molecular flexibility index (Phi) is 6.55. The van der Waals surface area contributed by atoms with Crippen LogP contribution in [0.5, 0.6) is 0 Å². The van der Waals surface area contributed by atoms with Crippen LogP contribution in [0, 0.1) is 0 Å². The van der Waals surface area contributed by atoms with Crippen molar-refractivity contribution in [2.24, 2.45) is 0 Å². The van der Waals surface area contributed by atoms with Gasteiger partial charge >= 0.3 is 6.09 Å². The van der Waals surface area contributed by atoms with E-state index in [1.54, 1.807) is 27.7 Å². The summed E-state index contributed by atoms with van der Waals surface area (Å²) in [5.74, 6) is -0.384. The Balaban J connectivity index is 1.95. The third-order valence-electron chi connectivity index (χ3n) is 4.64. The Morgan fingerprint density at radius 1 is 1.12 bits per heavy atom. The first-order chi connectivity index (χ1) is 12.0. The quantitative estimate of drug-likeness (QED) is 0.732. The second-order valence-electron chi connectivity index (χ2n) is 8.22. The van der Waals surface area contributed by atoms with Crippen LogP contribution in [-0.2, 0) is 19.4 Å². The average molecular weight is 390 g/mol. The maximum absolute atomic E-state index is 12.4. The number of sulfone groups is 1. The summed E-state index contributed by atoms with van der Waals surface area (Å²) in [4.78, 5) is 26.4. The lowest BCUT2D eigenvalue weighted by atomic mass is 10.0. The predicted molar refractivity (Wildman–Crippen MR) is 98.6 cm³/mol. The van der Waals surface area contributed by atoms with Gasteiger partial charge in [-0.2, -0.15) is 0 Å². The van der Waals surface area contributed by atoms with Crippen LogP contribution < -0.4 is 10.6 Å². The van der Waals surface area contributed by atoms with Gasteiger partial charge in [-0.1, -0.05) is 6.42 Å². The molecule has 26 heavy (non-hydrogen) atoms. The van der Waals surface area contributed by atoms with Crippen LogP contribution in [0.1, 0.15) is 47.0 Å². The summed E-state index contributed by atoms with van der Waals surface area (Å²) < 4.78 is 29.4. The van der Waals surface area contributed by atoms with Gasteiger partial charge in [0.25, 0.3) is 0 Å². The molecule has 2 heterocycles. The van der Waals surface area contributed by atoms with Crippen LogP contribution in [0.25, 0.3) is 0 Å². The molecule has 2 amide bonds. The summed E-state index contributed by atoms with van der Waals surface area (Å²) in [5.41, 5.74) is -0.654. The predicted octanol–water partition coefficient (Wildman–Crippen LogP) is 0.667. The highest BCUT2D eigenvalue weighted by Crippen LogP contribution is 2.22. The fourth-order valence-electron chi connectivity index (χ4n) is 3.43. The monoisotopic (exact) mass is 389 g/mol. The largest absolute Gasteiger partial charge is 0.444 e. The molecule has 150 valence electrons. The number of carbonyl (C=O) groups is 2. The zero-order valence-corrected chi connectivity index (χ0v) is 16.9. The smallest absolute Gasteiger partial charge is 0.408 e. The number of hydrogen-bond acceptors (Lipinski definition) is 6. The van der Waals surface area contributed by atoms with E-state index in [0.29, 0.717) is 0 Å². The average Bonchev–Trinajstić information content (AvgIpc) is 2.80. The van der Waals surface area contributed by atoms with Crippen molar-refractivity contribution in [3.8, 4) is 0 Å². The van der Waals surface area contributed by atoms with E-state index in [1.807, 2.05) is 0 Å². The molecule has 0 aliphatic carbocycles. The number of hydrogen-bond donors (Lipinski definition) is 2. The fourth-order valence-corrected chi connectivity index (χ4v) is 5.39. The summed E-state index contributed by atoms with van der Waals surface area (Å²) in [6, 6.07) is -1.46. The lowest BCUT2D eigenvalue weighted by molar-refractivity contribution is -0.123. The lowest BCUT2D eigenvalue weighted by Gasteiger charge is -2.35. The Morgan fingerprint density at radius 3 is 2.31 bits per heavy atom. The molecule has 8 nitrogen and oxygen atoms in total. The number of ether oxygens (including phenoxy) is 1. The summed E-state index contributed by atoms with van der Waals surface area (Å²) in [7, 11) is -3.18. The summed E-state index contributed by atoms with van der Waals surface area (Å²) >= 11 is 0. The van der Waals surface area contributed by atoms with Gasteiger partial charge in [-0.05, 0) is 53.6 Å². The molecule has 0 spiro atoms. The van der Waals surface area contributed by atoms with E-state index in [2.05, 4.69) is 15.5 Å². The number of nitrogens with zero attached hydrogens (tertiary/aromatic N) is 1. The van der Waals surface area contributed by atoms with Gasteiger partial charge in [0.1, 0.15) is 11.6 Å². The molecule has 0 aromatic heterocycles. The Labute approximate surface area is 155 Å². The number of alkyl carbamates (subject to hydrolysis) is 1. The van der Waals surface area contributed by atoms with Crippen molar-refractivity contribution in [1.29, 1.82) is 0 Å². The Bertz CT molecular complexity index is 623. The molecule has 2 N–H and O–H groups in total. The molecular formula is C17H31N3O5S. The zero-order valence-electron chi connectivity index (χ0n) is 16.1. The highest BCUT2D eigenvalue weighted by atomic mass is 32.2. The first kappa shape index (κ1) is 21.0. The first-order valence-corrected chi connectivity index (χ1v) is 11.0. The number of rotatable bonds is 4. The van der Waals surface area contributed by atoms with Gasteiger partial charge < -0.3 is 15.4 Å². The number of nitrogens with one attached hydrogen (secondary N) is 2. The van der Waals surface area contributed by atoms with E-state index in [1.165, 1.54) is 0 Å². The van der Waals surface area contributed by atoms with E-state index in [4.69, 9.17) is 4.74 Å². The van der Waals surface area contributed by atoms with Crippen molar-refractivity contribution in [2.75, 3.05) is 24.6 Å². The third-order valence-corrected chi connectivity index (χ3v) is 6.35. The van der Waals surface area contributed by atoms with Crippen LogP contribution in [0.2, 0.25) is 0 Å². The highest BCUT2D eigenvalue weighted by molar-refractivity contribution is 7.91. The molecule has 2 aliphatic rings. The molecule has 2 aliphatic heterocycles. The number of amides is 2. The van der Waals surface area contributed by atoms with Crippen LogP contribution in [-0.4, -0.2) is 73.6 Å². The van der Waals surface area contributed by atoms with Gasteiger partial charge in [0.2, 0.25) is 5.91 Å². The maximum Gasteiger partial charge on any atom is 0.408 e. The van der Waals surface area contributed by atoms with Gasteiger partial charge in [0.15, 0.2) is 9.84 Å². The molecule has 0 bridgehead atoms. The van der Waals surface area contributed by atoms with Gasteiger partial charge in [-0.15, -0.1) is 0 Å². The molecule has 0 radical (unpaired) electrons. The lowest BCUT2D eigenvalue weighted by Crippen LogP contribution is -2.56. The molecule has 2 saturated heterocycles. The molecule has 0 aromatic rings. The van der Waals surface area contributed by atoms with Crippen LogP contribution in [0.4, 0.5) is 4.79 Å². The SMILES string of the molecule is CC(NC(=O)OC(C)(C)C)C(=O)NC1CS(=O)(=O)CC1N1CCCCC1. The maximum atomic E-state index is 12.4. The highest BCUT2D eigenvalue weighted by Gasteiger charge is 2.42. The topological polar surface area (TPSA) is 105 Å². The molecule has 3 unspecified atom stereocenters. The van der Waals surface area contributed by atoms with Crippen LogP contribution >= 0.6 is 0 Å². The molecule has 2 rings (SSSR count). The van der Waals surface area contributed by atoms with Crippen molar-refractivity contribution in [1.82, 2.24) is 15.5 Å². The molecule has 0 saturated carbocycles. The van der Waals surface area contributed by atoms with Gasteiger partial charge in [-0.25, -0.2) is 13.2 Å². The van der Waals surface area contributed by atoms with Gasteiger partial charge in [0, 0.05) is 6.04 Å². The number of likely N-dealkylation sites (tertiary alicyclic amines) is 1. The van der Waals surface area contributed by atoms with Crippen LogP contribution in [0.3, 0.4) is 0 Å². The number of piperidine rings is 1. The second kappa shape index (κ2) is 8.12. The van der Waals surface area contributed by atoms with Crippen molar-refractivity contribution < 1.29 is 22.7 Å². The fraction of sp³-hybridized carbons (Fsp3) is 0.882. The minimum atomic E-state index is -3.18. The summed E-state index contributed by atoms with van der Waals surface area (Å²) in [5, 5.41) is 5.31. The van der Waals surface area contributed by atoms with E-state index in [0.717, 1.165) is 32.4 Å². The minimum absolute atomic E-state index is 0.0565. The van der Waals surface area contributed by atoms with Crippen molar-refractivity contribution in [3.05, 3.63) is 0 Å². The van der Waals surface area contributed by atoms with Gasteiger partial charge in [0.05, 0.1) is 17.5 Å². The molecule has 0 aromatic carbocycles. The Hall–Kier alpha value is -1.35.